The fourth-order valence-corrected chi connectivity index (χ4v) is 7.94. The van der Waals surface area contributed by atoms with E-state index in [1.165, 1.54) is 0 Å². The molecular weight excluding hydrogens is 470 g/mol. The number of carboxylic acid groups (broad SMARTS) is 1. The topological polar surface area (TPSA) is 92.7 Å². The van der Waals surface area contributed by atoms with E-state index in [9.17, 15) is 19.5 Å². The molecule has 1 saturated carbocycles. The van der Waals surface area contributed by atoms with E-state index in [1.807, 2.05) is 30.3 Å². The Balaban J connectivity index is 0.00000272. The molecule has 2 N–H and O–H groups in total. The van der Waals surface area contributed by atoms with Crippen molar-refractivity contribution < 1.29 is 38.1 Å². The number of thioether (sulfide) groups is 2. The quantitative estimate of drug-likeness (QED) is 0.448. The molecule has 9 heteroatoms. The molecule has 0 radical (unpaired) electrons. The number of carbonyl (C=O) groups is 3. The number of benzene rings is 1. The Hall–Kier alpha value is -1.22. The van der Waals surface area contributed by atoms with Crippen molar-refractivity contribution in [1.29, 1.82) is 0 Å². The Bertz CT molecular complexity index is 794. The zero-order valence-electron chi connectivity index (χ0n) is 19.4. The minimum atomic E-state index is -0.901. The lowest BCUT2D eigenvalue weighted by molar-refractivity contribution is -0.148. The summed E-state index contributed by atoms with van der Waals surface area (Å²) < 4.78 is 5.06. The van der Waals surface area contributed by atoms with Gasteiger partial charge in [0.2, 0.25) is 0 Å². The molecule has 1 aliphatic heterocycles. The maximum atomic E-state index is 13.3. The fourth-order valence-electron chi connectivity index (χ4n) is 4.50. The van der Waals surface area contributed by atoms with Crippen molar-refractivity contribution in [2.75, 3.05) is 18.1 Å². The van der Waals surface area contributed by atoms with Gasteiger partial charge in [-0.1, -0.05) is 30.3 Å². The summed E-state index contributed by atoms with van der Waals surface area (Å²) in [5.41, 5.74) is 1.11. The number of nitrogens with one attached hydrogen (secondary N) is 1. The number of ketones is 1. The average molecular weight is 502 g/mol. The molecule has 0 bridgehead atoms. The molecule has 3 rings (SSSR count). The van der Waals surface area contributed by atoms with E-state index >= 15 is 0 Å². The molecule has 1 aromatic rings. The second-order valence-corrected chi connectivity index (χ2v) is 11.4. The highest BCUT2D eigenvalue weighted by atomic mass is 35.5. The summed E-state index contributed by atoms with van der Waals surface area (Å²) in [7, 11) is 0. The number of aryl methyl sites for hydroxylation is 1. The number of hydrogen-bond acceptors (Lipinski definition) is 7. The molecule has 2 unspecified atom stereocenters. The van der Waals surface area contributed by atoms with E-state index in [2.05, 4.69) is 5.32 Å². The Labute approximate surface area is 205 Å². The number of halogens is 1. The number of esters is 1. The van der Waals surface area contributed by atoms with Gasteiger partial charge >= 0.3 is 13.4 Å². The number of ether oxygens (including phenoxy) is 1. The highest BCUT2D eigenvalue weighted by Crippen LogP contribution is 2.58. The summed E-state index contributed by atoms with van der Waals surface area (Å²) in [5.74, 6) is -0.604. The Kier molecular flexibility index (Phi) is 10.4. The van der Waals surface area contributed by atoms with Gasteiger partial charge < -0.3 is 22.3 Å². The lowest BCUT2D eigenvalue weighted by atomic mass is 9.88. The van der Waals surface area contributed by atoms with Gasteiger partial charge in [-0.3, -0.25) is 19.7 Å². The van der Waals surface area contributed by atoms with Crippen LogP contribution in [0, 0.1) is 11.8 Å². The van der Waals surface area contributed by atoms with E-state index in [4.69, 9.17) is 4.74 Å². The van der Waals surface area contributed by atoms with Crippen molar-refractivity contribution in [3.63, 3.8) is 0 Å². The van der Waals surface area contributed by atoms with Crippen molar-refractivity contribution in [3.05, 3.63) is 35.9 Å². The van der Waals surface area contributed by atoms with E-state index in [0.29, 0.717) is 25.7 Å². The van der Waals surface area contributed by atoms with Crippen LogP contribution >= 0.6 is 23.5 Å². The molecule has 1 saturated heterocycles. The van der Waals surface area contributed by atoms with Crippen molar-refractivity contribution in [2.45, 2.75) is 55.7 Å². The first-order valence-corrected chi connectivity index (χ1v) is 12.8. The van der Waals surface area contributed by atoms with E-state index in [0.717, 1.165) is 17.1 Å². The predicted octanol–water partition coefficient (Wildman–Crippen LogP) is 0.502. The molecule has 1 aliphatic carbocycles. The first-order valence-electron chi connectivity index (χ1n) is 10.9. The number of Topliss-reactive ketones (excluding diaryl/α,β-unsaturated/α-hetero) is 1. The van der Waals surface area contributed by atoms with E-state index < -0.39 is 29.9 Å². The second kappa shape index (κ2) is 12.3. The summed E-state index contributed by atoms with van der Waals surface area (Å²) in [6.07, 6.45) is 2.29. The van der Waals surface area contributed by atoms with Crippen molar-refractivity contribution >= 4 is 41.2 Å². The van der Waals surface area contributed by atoms with Gasteiger partial charge in [0.1, 0.15) is 6.04 Å². The van der Waals surface area contributed by atoms with Crippen LogP contribution in [0.2, 0.25) is 0 Å². The molecule has 2 aliphatic rings. The summed E-state index contributed by atoms with van der Waals surface area (Å²) in [4.78, 5) is 37.7. The SMILES string of the molecule is CCOC(=O)[C@H](CCc1ccccc1)N[C@@H](C)C(=O)C1CC2(CC1C(=O)O)SCCS2.[Cl-].[H+]. The van der Waals surface area contributed by atoms with Crippen molar-refractivity contribution in [3.8, 4) is 0 Å². The van der Waals surface area contributed by atoms with Gasteiger partial charge in [-0.2, -0.15) is 0 Å². The van der Waals surface area contributed by atoms with E-state index in [-0.39, 0.29) is 36.3 Å². The van der Waals surface area contributed by atoms with Crippen LogP contribution in [0.15, 0.2) is 30.3 Å². The predicted molar refractivity (Wildman–Crippen MR) is 125 cm³/mol. The molecule has 178 valence electrons. The fraction of sp³-hybridized carbons (Fsp3) is 0.609. The Morgan fingerprint density at radius 1 is 1.19 bits per heavy atom. The molecule has 6 nitrogen and oxygen atoms in total. The van der Waals surface area contributed by atoms with Crippen molar-refractivity contribution in [2.24, 2.45) is 11.8 Å². The van der Waals surface area contributed by atoms with Gasteiger partial charge in [-0.05, 0) is 45.1 Å². The Morgan fingerprint density at radius 3 is 2.41 bits per heavy atom. The lowest BCUT2D eigenvalue weighted by Crippen LogP contribution is -3.00. The third kappa shape index (κ3) is 6.65. The molecule has 4 atom stereocenters. The molecule has 2 fully saturated rings. The van der Waals surface area contributed by atoms with Gasteiger partial charge in [-0.25, -0.2) is 0 Å². The highest BCUT2D eigenvalue weighted by molar-refractivity contribution is 8.21. The standard InChI is InChI=1S/C23H31NO5S2.ClH/c1-3-29-22(28)19(10-9-16-7-5-4-6-8-16)24-15(2)20(25)17-13-23(30-11-12-31-23)14-18(17)21(26)27;/h4-8,15,17-19,24H,3,9-14H2,1-2H3,(H,26,27);1H/t15-,17?,18?,19-;/m0./s1. The zero-order chi connectivity index (χ0) is 22.4. The summed E-state index contributed by atoms with van der Waals surface area (Å²) >= 11 is 3.58. The van der Waals surface area contributed by atoms with Crippen LogP contribution in [0.5, 0.6) is 0 Å². The average Bonchev–Trinajstić information content (AvgIpc) is 3.38. The smallest absolute Gasteiger partial charge is 1.00 e. The number of aliphatic carboxylic acids is 1. The monoisotopic (exact) mass is 501 g/mol. The van der Waals surface area contributed by atoms with Gasteiger partial charge in [0.15, 0.2) is 5.78 Å². The third-order valence-corrected chi connectivity index (χ3v) is 9.56. The third-order valence-electron chi connectivity index (χ3n) is 6.06. The van der Waals surface area contributed by atoms with Crippen LogP contribution in [-0.2, 0) is 25.5 Å². The van der Waals surface area contributed by atoms with Crippen LogP contribution in [0.25, 0.3) is 0 Å². The van der Waals surface area contributed by atoms with E-state index in [1.54, 1.807) is 37.4 Å². The van der Waals surface area contributed by atoms with Gasteiger partial charge in [0.25, 0.3) is 0 Å². The summed E-state index contributed by atoms with van der Waals surface area (Å²) in [6, 6.07) is 8.62. The minimum absolute atomic E-state index is 0. The molecule has 0 aromatic heterocycles. The lowest BCUT2D eigenvalue weighted by Gasteiger charge is -2.25. The van der Waals surface area contributed by atoms with Gasteiger partial charge in [0.05, 0.1) is 22.6 Å². The molecule has 0 amide bonds. The second-order valence-electron chi connectivity index (χ2n) is 8.19. The molecule has 1 aromatic carbocycles. The van der Waals surface area contributed by atoms with Crippen LogP contribution in [-0.4, -0.2) is 57.1 Å². The van der Waals surface area contributed by atoms with Gasteiger partial charge in [0, 0.05) is 17.4 Å². The van der Waals surface area contributed by atoms with Crippen LogP contribution in [0.3, 0.4) is 0 Å². The highest BCUT2D eigenvalue weighted by Gasteiger charge is 2.53. The normalized spacial score (nSPS) is 23.3. The minimum Gasteiger partial charge on any atom is -1.00 e. The van der Waals surface area contributed by atoms with Gasteiger partial charge in [-0.15, -0.1) is 23.5 Å². The van der Waals surface area contributed by atoms with Crippen LogP contribution in [0.4, 0.5) is 0 Å². The summed E-state index contributed by atoms with van der Waals surface area (Å²) in [6.45, 7) is 3.76. The number of hydrogen-bond donors (Lipinski definition) is 2. The molecular formula is C23H32ClNO5S2. The number of carbonyl (C=O) groups excluding carboxylic acids is 2. The maximum Gasteiger partial charge on any atom is 1.00 e. The first kappa shape index (κ1) is 27.0. The zero-order valence-corrected chi connectivity index (χ0v) is 20.8. The molecule has 32 heavy (non-hydrogen) atoms. The summed E-state index contributed by atoms with van der Waals surface area (Å²) in [5, 5.41) is 12.9. The van der Waals surface area contributed by atoms with Crippen LogP contribution in [0.1, 0.15) is 40.1 Å². The molecule has 1 spiro atoms. The molecule has 1 heterocycles. The Morgan fingerprint density at radius 2 is 1.81 bits per heavy atom. The first-order chi connectivity index (χ1) is 14.8. The number of rotatable bonds is 10. The van der Waals surface area contributed by atoms with Crippen molar-refractivity contribution in [1.82, 2.24) is 5.32 Å². The number of carboxylic acids is 1. The largest absolute Gasteiger partial charge is 1.00 e. The van der Waals surface area contributed by atoms with Crippen LogP contribution < -0.4 is 17.7 Å². The maximum absolute atomic E-state index is 13.3.